The van der Waals surface area contributed by atoms with Crippen LogP contribution in [-0.4, -0.2) is 29.5 Å². The highest BCUT2D eigenvalue weighted by Gasteiger charge is 2.18. The van der Waals surface area contributed by atoms with E-state index in [1.807, 2.05) is 0 Å². The van der Waals surface area contributed by atoms with Gasteiger partial charge in [-0.3, -0.25) is 9.35 Å². The van der Waals surface area contributed by atoms with Crippen molar-refractivity contribution in [2.24, 2.45) is 0 Å². The van der Waals surface area contributed by atoms with Gasteiger partial charge in [-0.15, -0.1) is 0 Å². The Morgan fingerprint density at radius 2 is 1.73 bits per heavy atom. The Bertz CT molecular complexity index is 490. The summed E-state index contributed by atoms with van der Waals surface area (Å²) in [7, 11) is -4.88. The number of phenols is 2. The normalized spacial score (nSPS) is 11.0. The van der Waals surface area contributed by atoms with Crippen molar-refractivity contribution in [3.8, 4) is 17.2 Å². The third-order valence-corrected chi connectivity index (χ3v) is 1.84. The molecule has 0 bridgehead atoms. The maximum atomic E-state index is 10.5. The summed E-state index contributed by atoms with van der Waals surface area (Å²) in [6.07, 6.45) is 0.0789. The maximum Gasteiger partial charge on any atom is 0.446 e. The van der Waals surface area contributed by atoms with E-state index in [4.69, 9.17) is 14.8 Å². The fourth-order valence-corrected chi connectivity index (χ4v) is 1.27. The van der Waals surface area contributed by atoms with Gasteiger partial charge in [-0.05, 0) is 12.1 Å². The molecule has 1 rings (SSSR count). The number of benzene rings is 1. The number of rotatable bonds is 3. The van der Waals surface area contributed by atoms with Gasteiger partial charge in [-0.25, -0.2) is 0 Å². The lowest BCUT2D eigenvalue weighted by Crippen LogP contribution is -2.08. The Morgan fingerprint density at radius 3 is 2.20 bits per heavy atom. The van der Waals surface area contributed by atoms with E-state index in [1.165, 1.54) is 0 Å². The SMILES string of the molecule is O=Cc1c(O)ccc(O)c1OS(=O)(=O)O. The first kappa shape index (κ1) is 11.3. The van der Waals surface area contributed by atoms with Crippen LogP contribution in [0.5, 0.6) is 17.2 Å². The summed E-state index contributed by atoms with van der Waals surface area (Å²) in [5.74, 6) is -2.11. The number of aldehydes is 1. The molecule has 0 heterocycles. The van der Waals surface area contributed by atoms with E-state index in [0.717, 1.165) is 12.1 Å². The molecule has 1 aromatic rings. The third kappa shape index (κ3) is 2.58. The molecule has 0 aliphatic heterocycles. The van der Waals surface area contributed by atoms with Gasteiger partial charge in [-0.1, -0.05) is 0 Å². The zero-order valence-electron chi connectivity index (χ0n) is 7.11. The van der Waals surface area contributed by atoms with E-state index in [9.17, 15) is 13.2 Å². The van der Waals surface area contributed by atoms with Gasteiger partial charge in [0.1, 0.15) is 11.3 Å². The summed E-state index contributed by atoms with van der Waals surface area (Å²) in [5.41, 5.74) is -0.576. The van der Waals surface area contributed by atoms with Crippen molar-refractivity contribution in [1.29, 1.82) is 0 Å². The van der Waals surface area contributed by atoms with Crippen LogP contribution in [0.2, 0.25) is 0 Å². The van der Waals surface area contributed by atoms with Crippen LogP contribution < -0.4 is 4.18 Å². The van der Waals surface area contributed by atoms with Crippen LogP contribution in [0.15, 0.2) is 12.1 Å². The highest BCUT2D eigenvalue weighted by molar-refractivity contribution is 7.81. The zero-order chi connectivity index (χ0) is 11.6. The number of hydrogen-bond donors (Lipinski definition) is 3. The largest absolute Gasteiger partial charge is 0.507 e. The third-order valence-electron chi connectivity index (χ3n) is 1.46. The van der Waals surface area contributed by atoms with E-state index in [2.05, 4.69) is 4.18 Å². The molecule has 0 aliphatic rings. The molecule has 0 fully saturated rings. The van der Waals surface area contributed by atoms with E-state index in [0.29, 0.717) is 0 Å². The van der Waals surface area contributed by atoms with Crippen LogP contribution in [0.3, 0.4) is 0 Å². The van der Waals surface area contributed by atoms with Gasteiger partial charge in [0.2, 0.25) is 5.75 Å². The Morgan fingerprint density at radius 1 is 1.20 bits per heavy atom. The van der Waals surface area contributed by atoms with Gasteiger partial charge in [-0.2, -0.15) is 8.42 Å². The average Bonchev–Trinajstić information content (AvgIpc) is 2.10. The first-order valence-electron chi connectivity index (χ1n) is 3.52. The second-order valence-corrected chi connectivity index (χ2v) is 3.50. The predicted molar refractivity (Wildman–Crippen MR) is 47.3 cm³/mol. The molecule has 8 heteroatoms. The lowest BCUT2D eigenvalue weighted by atomic mass is 10.2. The first-order valence-corrected chi connectivity index (χ1v) is 4.88. The molecule has 0 atom stereocenters. The Balaban J connectivity index is 3.38. The fourth-order valence-electron chi connectivity index (χ4n) is 0.884. The van der Waals surface area contributed by atoms with Crippen LogP contribution in [0.4, 0.5) is 0 Å². The molecular weight excluding hydrogens is 228 g/mol. The summed E-state index contributed by atoms with van der Waals surface area (Å²) in [4.78, 5) is 10.5. The number of phenolic OH excluding ortho intramolecular Hbond substituents is 2. The average molecular weight is 234 g/mol. The van der Waals surface area contributed by atoms with Gasteiger partial charge >= 0.3 is 10.4 Å². The quantitative estimate of drug-likeness (QED) is 0.385. The van der Waals surface area contributed by atoms with Crippen LogP contribution in [0, 0.1) is 0 Å². The minimum absolute atomic E-state index is 0.0789. The molecule has 0 unspecified atom stereocenters. The molecule has 7 nitrogen and oxygen atoms in total. The van der Waals surface area contributed by atoms with E-state index in [1.54, 1.807) is 0 Å². The van der Waals surface area contributed by atoms with Crippen molar-refractivity contribution >= 4 is 16.7 Å². The van der Waals surface area contributed by atoms with Gasteiger partial charge in [0.15, 0.2) is 12.0 Å². The molecule has 15 heavy (non-hydrogen) atoms. The topological polar surface area (TPSA) is 121 Å². The van der Waals surface area contributed by atoms with Crippen molar-refractivity contribution in [1.82, 2.24) is 0 Å². The molecule has 0 aromatic heterocycles. The molecule has 0 saturated heterocycles. The highest BCUT2D eigenvalue weighted by atomic mass is 32.3. The number of carbonyl (C=O) groups is 1. The lowest BCUT2D eigenvalue weighted by molar-refractivity contribution is 0.111. The van der Waals surface area contributed by atoms with Gasteiger partial charge in [0.25, 0.3) is 0 Å². The molecule has 0 spiro atoms. The minimum atomic E-state index is -4.88. The molecule has 0 saturated carbocycles. The van der Waals surface area contributed by atoms with Crippen molar-refractivity contribution in [3.05, 3.63) is 17.7 Å². The Labute approximate surface area is 84.5 Å². The van der Waals surface area contributed by atoms with Crippen molar-refractivity contribution in [2.75, 3.05) is 0 Å². The molecule has 3 N–H and O–H groups in total. The number of carbonyl (C=O) groups excluding carboxylic acids is 1. The number of hydrogen-bond acceptors (Lipinski definition) is 6. The monoisotopic (exact) mass is 234 g/mol. The molecule has 0 aliphatic carbocycles. The van der Waals surface area contributed by atoms with Crippen LogP contribution in [0.1, 0.15) is 10.4 Å². The predicted octanol–water partition coefficient (Wildman–Crippen LogP) is 0.0919. The molecule has 0 amide bonds. The summed E-state index contributed by atoms with van der Waals surface area (Å²) in [5, 5.41) is 18.3. The molecular formula is C7H6O7S. The Kier molecular flexibility index (Phi) is 2.82. The number of aromatic hydroxyl groups is 2. The fraction of sp³-hybridized carbons (Fsp3) is 0. The second-order valence-electron chi connectivity index (χ2n) is 2.48. The van der Waals surface area contributed by atoms with E-state index in [-0.39, 0.29) is 6.29 Å². The van der Waals surface area contributed by atoms with E-state index < -0.39 is 33.2 Å². The molecule has 0 radical (unpaired) electrons. The first-order chi connectivity index (χ1) is 6.85. The lowest BCUT2D eigenvalue weighted by Gasteiger charge is -2.07. The van der Waals surface area contributed by atoms with Gasteiger partial charge < -0.3 is 14.4 Å². The summed E-state index contributed by atoms with van der Waals surface area (Å²) >= 11 is 0. The molecule has 82 valence electrons. The van der Waals surface area contributed by atoms with Crippen LogP contribution in [-0.2, 0) is 10.4 Å². The highest BCUT2D eigenvalue weighted by Crippen LogP contribution is 2.35. The van der Waals surface area contributed by atoms with Crippen molar-refractivity contribution in [2.45, 2.75) is 0 Å². The van der Waals surface area contributed by atoms with Gasteiger partial charge in [0.05, 0.1) is 0 Å². The van der Waals surface area contributed by atoms with Crippen LogP contribution in [0.25, 0.3) is 0 Å². The second kappa shape index (κ2) is 3.75. The minimum Gasteiger partial charge on any atom is -0.507 e. The summed E-state index contributed by atoms with van der Waals surface area (Å²) in [6.45, 7) is 0. The Hall–Kier alpha value is -1.80. The smallest absolute Gasteiger partial charge is 0.446 e. The zero-order valence-corrected chi connectivity index (χ0v) is 7.93. The maximum absolute atomic E-state index is 10.5. The van der Waals surface area contributed by atoms with Crippen molar-refractivity contribution in [3.63, 3.8) is 0 Å². The summed E-state index contributed by atoms with van der Waals surface area (Å²) < 4.78 is 33.0. The van der Waals surface area contributed by atoms with Crippen molar-refractivity contribution < 1.29 is 32.2 Å². The standard InChI is InChI=1S/C7H6O7S/c8-3-4-5(9)1-2-6(10)7(4)14-15(11,12)13/h1-3,9-10H,(H,11,12,13). The van der Waals surface area contributed by atoms with E-state index >= 15 is 0 Å². The summed E-state index contributed by atoms with van der Waals surface area (Å²) in [6, 6.07) is 1.87. The van der Waals surface area contributed by atoms with Gasteiger partial charge in [0, 0.05) is 0 Å². The molecule has 1 aromatic carbocycles. The van der Waals surface area contributed by atoms with Crippen LogP contribution >= 0.6 is 0 Å².